The molecule has 1 atom stereocenters. The average Bonchev–Trinajstić information content (AvgIpc) is 2.98. The molecule has 0 aromatic carbocycles. The Morgan fingerprint density at radius 1 is 1.42 bits per heavy atom. The molecule has 1 fully saturated rings. The van der Waals surface area contributed by atoms with Crippen molar-refractivity contribution in [2.24, 2.45) is 0 Å². The molecule has 0 spiro atoms. The van der Waals surface area contributed by atoms with Gasteiger partial charge in [0.2, 0.25) is 0 Å². The molecular weight excluding hydrogens is 252 g/mol. The van der Waals surface area contributed by atoms with Crippen LogP contribution in [0.15, 0.2) is 23.0 Å². The highest BCUT2D eigenvalue weighted by atomic mass is 16.5. The van der Waals surface area contributed by atoms with Crippen LogP contribution in [0.25, 0.3) is 0 Å². The summed E-state index contributed by atoms with van der Waals surface area (Å²) >= 11 is 0. The first-order valence-electron chi connectivity index (χ1n) is 5.91. The van der Waals surface area contributed by atoms with Crippen LogP contribution >= 0.6 is 0 Å². The Labute approximate surface area is 109 Å². The van der Waals surface area contributed by atoms with Crippen LogP contribution in [0.5, 0.6) is 0 Å². The van der Waals surface area contributed by atoms with Gasteiger partial charge in [-0.15, -0.1) is 0 Å². The number of esters is 1. The lowest BCUT2D eigenvalue weighted by Gasteiger charge is -2.12. The van der Waals surface area contributed by atoms with Crippen molar-refractivity contribution in [3.63, 3.8) is 0 Å². The van der Waals surface area contributed by atoms with Crippen LogP contribution in [0.3, 0.4) is 0 Å². The third kappa shape index (κ3) is 3.84. The van der Waals surface area contributed by atoms with E-state index in [-0.39, 0.29) is 11.6 Å². The highest BCUT2D eigenvalue weighted by Crippen LogP contribution is 2.18. The minimum atomic E-state index is -1.06. The molecule has 19 heavy (non-hydrogen) atoms. The van der Waals surface area contributed by atoms with Crippen LogP contribution in [0.1, 0.15) is 30.1 Å². The van der Waals surface area contributed by atoms with Crippen LogP contribution < -0.4 is 10.6 Å². The molecule has 0 bridgehead atoms. The summed E-state index contributed by atoms with van der Waals surface area (Å²) < 4.78 is 9.61. The lowest BCUT2D eigenvalue weighted by atomic mass is 10.3. The molecule has 1 aliphatic rings. The van der Waals surface area contributed by atoms with Gasteiger partial charge in [-0.1, -0.05) is 0 Å². The van der Waals surface area contributed by atoms with E-state index in [0.717, 1.165) is 12.8 Å². The Hall–Kier alpha value is -2.31. The molecule has 7 heteroatoms. The molecule has 2 N–H and O–H groups in total. The van der Waals surface area contributed by atoms with Gasteiger partial charge in [0.05, 0.1) is 11.8 Å². The van der Waals surface area contributed by atoms with Crippen LogP contribution in [-0.4, -0.2) is 30.1 Å². The number of ether oxygens (including phenoxy) is 1. The van der Waals surface area contributed by atoms with Gasteiger partial charge in [-0.3, -0.25) is 10.1 Å². The maximum atomic E-state index is 11.6. The van der Waals surface area contributed by atoms with E-state index in [9.17, 15) is 14.4 Å². The lowest BCUT2D eigenvalue weighted by Crippen LogP contribution is -2.45. The fourth-order valence-corrected chi connectivity index (χ4v) is 1.33. The minimum absolute atomic E-state index is 0.150. The summed E-state index contributed by atoms with van der Waals surface area (Å²) in [7, 11) is 0. The van der Waals surface area contributed by atoms with Crippen LogP contribution in [-0.2, 0) is 9.53 Å². The Balaban J connectivity index is 1.78. The predicted octanol–water partition coefficient (Wildman–Crippen LogP) is 0.813. The van der Waals surface area contributed by atoms with Gasteiger partial charge in [0.15, 0.2) is 6.10 Å². The van der Waals surface area contributed by atoms with Gasteiger partial charge in [-0.25, -0.2) is 9.59 Å². The van der Waals surface area contributed by atoms with Gasteiger partial charge in [0, 0.05) is 6.04 Å². The molecule has 0 saturated heterocycles. The maximum Gasteiger partial charge on any atom is 0.342 e. The van der Waals surface area contributed by atoms with E-state index < -0.39 is 24.0 Å². The first-order valence-corrected chi connectivity index (χ1v) is 5.91. The zero-order chi connectivity index (χ0) is 13.8. The van der Waals surface area contributed by atoms with E-state index in [4.69, 9.17) is 9.15 Å². The SMILES string of the molecule is CC(OC(=O)c1ccoc1)C(=O)NC(=O)NC1CC1. The number of urea groups is 1. The van der Waals surface area contributed by atoms with E-state index in [1.807, 2.05) is 0 Å². The average molecular weight is 266 g/mol. The van der Waals surface area contributed by atoms with E-state index in [1.54, 1.807) is 0 Å². The Kier molecular flexibility index (Phi) is 3.84. The number of furan rings is 1. The van der Waals surface area contributed by atoms with Gasteiger partial charge in [0.25, 0.3) is 5.91 Å². The molecule has 1 aromatic heterocycles. The third-order valence-corrected chi connectivity index (χ3v) is 2.56. The van der Waals surface area contributed by atoms with Crippen molar-refractivity contribution in [1.29, 1.82) is 0 Å². The van der Waals surface area contributed by atoms with Crippen LogP contribution in [0.4, 0.5) is 4.79 Å². The summed E-state index contributed by atoms with van der Waals surface area (Å²) in [5.41, 5.74) is 0.210. The summed E-state index contributed by atoms with van der Waals surface area (Å²) in [6.07, 6.45) is 3.32. The Morgan fingerprint density at radius 3 is 2.74 bits per heavy atom. The minimum Gasteiger partial charge on any atom is -0.472 e. The van der Waals surface area contributed by atoms with Gasteiger partial charge in [0.1, 0.15) is 6.26 Å². The molecule has 102 valence electrons. The number of carbonyl (C=O) groups excluding carboxylic acids is 3. The molecule has 1 aromatic rings. The second kappa shape index (κ2) is 5.55. The van der Waals surface area contributed by atoms with E-state index in [2.05, 4.69) is 10.6 Å². The first kappa shape index (κ1) is 13.1. The number of nitrogens with one attached hydrogen (secondary N) is 2. The predicted molar refractivity (Wildman–Crippen MR) is 63.3 cm³/mol. The quantitative estimate of drug-likeness (QED) is 0.786. The normalized spacial score (nSPS) is 15.4. The van der Waals surface area contributed by atoms with Gasteiger partial charge in [-0.05, 0) is 25.8 Å². The topological polar surface area (TPSA) is 97.6 Å². The number of hydrogen-bond acceptors (Lipinski definition) is 5. The smallest absolute Gasteiger partial charge is 0.342 e. The van der Waals surface area contributed by atoms with Crippen molar-refractivity contribution < 1.29 is 23.5 Å². The lowest BCUT2D eigenvalue weighted by molar-refractivity contribution is -0.127. The van der Waals surface area contributed by atoms with Gasteiger partial charge in [-0.2, -0.15) is 0 Å². The fraction of sp³-hybridized carbons (Fsp3) is 0.417. The molecule has 2 rings (SSSR count). The van der Waals surface area contributed by atoms with Crippen molar-refractivity contribution in [2.45, 2.75) is 31.9 Å². The molecule has 0 aliphatic heterocycles. The first-order chi connectivity index (χ1) is 9.06. The fourth-order valence-electron chi connectivity index (χ4n) is 1.33. The molecule has 3 amide bonds. The number of carbonyl (C=O) groups is 3. The zero-order valence-electron chi connectivity index (χ0n) is 10.3. The van der Waals surface area contributed by atoms with Crippen molar-refractivity contribution in [2.75, 3.05) is 0 Å². The zero-order valence-corrected chi connectivity index (χ0v) is 10.3. The molecular formula is C12H14N2O5. The largest absolute Gasteiger partial charge is 0.472 e. The standard InChI is InChI=1S/C12H14N2O5/c1-7(19-11(16)8-4-5-18-6-8)10(15)14-12(17)13-9-2-3-9/h4-7,9H,2-3H2,1H3,(H2,13,14,15,17). The number of hydrogen-bond donors (Lipinski definition) is 2. The summed E-state index contributed by atoms with van der Waals surface area (Å²) in [4.78, 5) is 34.4. The van der Waals surface area contributed by atoms with Crippen molar-refractivity contribution in [1.82, 2.24) is 10.6 Å². The molecule has 1 unspecified atom stereocenters. The summed E-state index contributed by atoms with van der Waals surface area (Å²) in [6, 6.07) is 1.00. The second-order valence-corrected chi connectivity index (χ2v) is 4.30. The van der Waals surface area contributed by atoms with Gasteiger partial charge < -0.3 is 14.5 Å². The highest BCUT2D eigenvalue weighted by molar-refractivity contribution is 5.98. The second-order valence-electron chi connectivity index (χ2n) is 4.30. The molecule has 7 nitrogen and oxygen atoms in total. The summed E-state index contributed by atoms with van der Waals surface area (Å²) in [5.74, 6) is -1.35. The van der Waals surface area contributed by atoms with E-state index in [1.165, 1.54) is 25.5 Å². The Bertz CT molecular complexity index is 478. The van der Waals surface area contributed by atoms with Gasteiger partial charge >= 0.3 is 12.0 Å². The molecule has 1 heterocycles. The third-order valence-electron chi connectivity index (χ3n) is 2.56. The molecule has 0 radical (unpaired) electrons. The molecule has 1 saturated carbocycles. The number of imide groups is 1. The molecule has 1 aliphatic carbocycles. The van der Waals surface area contributed by atoms with Crippen LogP contribution in [0, 0.1) is 0 Å². The number of rotatable bonds is 4. The van der Waals surface area contributed by atoms with E-state index >= 15 is 0 Å². The van der Waals surface area contributed by atoms with E-state index in [0.29, 0.717) is 0 Å². The van der Waals surface area contributed by atoms with Crippen molar-refractivity contribution in [3.8, 4) is 0 Å². The summed E-state index contributed by atoms with van der Waals surface area (Å²) in [6.45, 7) is 1.39. The Morgan fingerprint density at radius 2 is 2.16 bits per heavy atom. The monoisotopic (exact) mass is 266 g/mol. The maximum absolute atomic E-state index is 11.6. The number of amides is 3. The van der Waals surface area contributed by atoms with Crippen LogP contribution in [0.2, 0.25) is 0 Å². The summed E-state index contributed by atoms with van der Waals surface area (Å²) in [5, 5.41) is 4.71. The highest BCUT2D eigenvalue weighted by Gasteiger charge is 2.26. The van der Waals surface area contributed by atoms with Crippen molar-refractivity contribution in [3.05, 3.63) is 24.2 Å². The van der Waals surface area contributed by atoms with Crippen molar-refractivity contribution >= 4 is 17.9 Å².